The lowest BCUT2D eigenvalue weighted by Gasteiger charge is -2.12. The van der Waals surface area contributed by atoms with Gasteiger partial charge in [0.25, 0.3) is 0 Å². The zero-order valence-corrected chi connectivity index (χ0v) is 10.5. The maximum atomic E-state index is 11.2. The van der Waals surface area contributed by atoms with Crippen molar-refractivity contribution in [2.45, 2.75) is 16.7 Å². The van der Waals surface area contributed by atoms with E-state index < -0.39 is 0 Å². The van der Waals surface area contributed by atoms with Crippen LogP contribution in [0.2, 0.25) is 0 Å². The van der Waals surface area contributed by atoms with Crippen molar-refractivity contribution in [3.05, 3.63) is 17.5 Å². The van der Waals surface area contributed by atoms with E-state index in [4.69, 9.17) is 0 Å². The molecule has 15 heavy (non-hydrogen) atoms. The molecule has 3 nitrogen and oxygen atoms in total. The van der Waals surface area contributed by atoms with Gasteiger partial charge in [-0.25, -0.2) is 0 Å². The van der Waals surface area contributed by atoms with Crippen molar-refractivity contribution >= 4 is 29.1 Å². The predicted molar refractivity (Wildman–Crippen MR) is 64.5 cm³/mol. The van der Waals surface area contributed by atoms with Gasteiger partial charge in [-0.1, -0.05) is 6.07 Å². The zero-order valence-electron chi connectivity index (χ0n) is 8.86. The molecule has 0 spiro atoms. The van der Waals surface area contributed by atoms with Crippen LogP contribution in [-0.2, 0) is 9.53 Å². The van der Waals surface area contributed by atoms with Crippen molar-refractivity contribution in [3.63, 3.8) is 0 Å². The molecule has 1 N–H and O–H groups in total. The smallest absolute Gasteiger partial charge is 0.322 e. The molecule has 0 radical (unpaired) electrons. The Kier molecular flexibility index (Phi) is 5.75. The van der Waals surface area contributed by atoms with Gasteiger partial charge in [-0.15, -0.1) is 23.1 Å². The fraction of sp³-hybridized carbons (Fsp3) is 0.500. The number of thiophene rings is 1. The number of hydrogen-bond acceptors (Lipinski definition) is 5. The number of carbonyl (C=O) groups excluding carboxylic acids is 1. The van der Waals surface area contributed by atoms with Crippen molar-refractivity contribution in [3.8, 4) is 0 Å². The molecule has 1 heterocycles. The zero-order chi connectivity index (χ0) is 11.1. The maximum absolute atomic E-state index is 11.2. The average Bonchev–Trinajstić information content (AvgIpc) is 2.76. The molecule has 1 unspecified atom stereocenters. The highest BCUT2D eigenvalue weighted by Gasteiger charge is 2.15. The Morgan fingerprint density at radius 3 is 3.07 bits per heavy atom. The molecule has 0 aliphatic heterocycles. The van der Waals surface area contributed by atoms with Crippen LogP contribution in [0.4, 0.5) is 0 Å². The molecule has 1 atom stereocenters. The molecular formula is C10H15NO2S2. The van der Waals surface area contributed by atoms with Crippen molar-refractivity contribution in [2.24, 2.45) is 0 Å². The second-order valence-corrected chi connectivity index (χ2v) is 5.28. The first-order chi connectivity index (χ1) is 7.27. The minimum atomic E-state index is -0.192. The van der Waals surface area contributed by atoms with Crippen LogP contribution in [0.3, 0.4) is 0 Å². The van der Waals surface area contributed by atoms with Crippen LogP contribution in [0, 0.1) is 0 Å². The van der Waals surface area contributed by atoms with Crippen LogP contribution in [-0.4, -0.2) is 31.9 Å². The molecule has 0 aliphatic carbocycles. The molecule has 0 fully saturated rings. The Hall–Kier alpha value is -0.520. The van der Waals surface area contributed by atoms with E-state index in [2.05, 4.69) is 21.5 Å². The summed E-state index contributed by atoms with van der Waals surface area (Å²) >= 11 is 3.49. The van der Waals surface area contributed by atoms with Crippen molar-refractivity contribution in [1.82, 2.24) is 5.32 Å². The monoisotopic (exact) mass is 245 g/mol. The van der Waals surface area contributed by atoms with E-state index in [1.807, 2.05) is 6.07 Å². The van der Waals surface area contributed by atoms with Crippen molar-refractivity contribution < 1.29 is 9.53 Å². The molecule has 1 aromatic rings. The predicted octanol–water partition coefficient (Wildman–Crippen LogP) is 1.99. The molecule has 0 bridgehead atoms. The molecule has 84 valence electrons. The van der Waals surface area contributed by atoms with E-state index in [1.54, 1.807) is 30.1 Å². The van der Waals surface area contributed by atoms with Crippen LogP contribution in [0.5, 0.6) is 0 Å². The SMILES string of the molecule is CNC(CCSc1cccs1)C(=O)OC. The summed E-state index contributed by atoms with van der Waals surface area (Å²) in [7, 11) is 3.19. The first-order valence-electron chi connectivity index (χ1n) is 4.69. The van der Waals surface area contributed by atoms with Crippen LogP contribution in [0.15, 0.2) is 21.7 Å². The van der Waals surface area contributed by atoms with E-state index in [9.17, 15) is 4.79 Å². The topological polar surface area (TPSA) is 38.3 Å². The van der Waals surface area contributed by atoms with E-state index in [0.717, 1.165) is 12.2 Å². The van der Waals surface area contributed by atoms with E-state index in [-0.39, 0.29) is 12.0 Å². The Morgan fingerprint density at radius 1 is 1.73 bits per heavy atom. The van der Waals surface area contributed by atoms with Gasteiger partial charge >= 0.3 is 5.97 Å². The Morgan fingerprint density at radius 2 is 2.53 bits per heavy atom. The third-order valence-electron chi connectivity index (χ3n) is 1.98. The van der Waals surface area contributed by atoms with Gasteiger partial charge in [0.1, 0.15) is 6.04 Å². The van der Waals surface area contributed by atoms with Gasteiger partial charge < -0.3 is 10.1 Å². The summed E-state index contributed by atoms with van der Waals surface area (Å²) in [6.07, 6.45) is 0.783. The first kappa shape index (κ1) is 12.5. The van der Waals surface area contributed by atoms with E-state index in [0.29, 0.717) is 0 Å². The van der Waals surface area contributed by atoms with E-state index in [1.165, 1.54) is 11.3 Å². The fourth-order valence-corrected chi connectivity index (χ4v) is 3.01. The molecule has 1 rings (SSSR count). The standard InChI is InChI=1S/C10H15NO2S2/c1-11-8(10(12)13-2)5-7-15-9-4-3-6-14-9/h3-4,6,8,11H,5,7H2,1-2H3. The van der Waals surface area contributed by atoms with E-state index >= 15 is 0 Å². The summed E-state index contributed by atoms with van der Waals surface area (Å²) in [5.74, 6) is 0.727. The number of hydrogen-bond donors (Lipinski definition) is 1. The van der Waals surface area contributed by atoms with Gasteiger partial charge in [0.2, 0.25) is 0 Å². The second-order valence-electron chi connectivity index (χ2n) is 2.93. The van der Waals surface area contributed by atoms with Gasteiger partial charge in [0, 0.05) is 5.75 Å². The van der Waals surface area contributed by atoms with Gasteiger partial charge in [-0.2, -0.15) is 0 Å². The highest BCUT2D eigenvalue weighted by atomic mass is 32.2. The van der Waals surface area contributed by atoms with Crippen LogP contribution in [0.1, 0.15) is 6.42 Å². The second kappa shape index (κ2) is 6.87. The average molecular weight is 245 g/mol. The summed E-state index contributed by atoms with van der Waals surface area (Å²) in [4.78, 5) is 11.2. The van der Waals surface area contributed by atoms with Crippen LogP contribution in [0.25, 0.3) is 0 Å². The first-order valence-corrected chi connectivity index (χ1v) is 6.56. The molecule has 0 aromatic carbocycles. The summed E-state index contributed by atoms with van der Waals surface area (Å²) in [6, 6.07) is 3.92. The Labute approximate surface area is 98.2 Å². The van der Waals surface area contributed by atoms with Crippen LogP contribution >= 0.6 is 23.1 Å². The number of likely N-dealkylation sites (N-methyl/N-ethyl adjacent to an activating group) is 1. The van der Waals surface area contributed by atoms with Gasteiger partial charge in [0.05, 0.1) is 11.3 Å². The number of rotatable bonds is 6. The third-order valence-corrected chi connectivity index (χ3v) is 4.14. The number of ether oxygens (including phenoxy) is 1. The summed E-state index contributed by atoms with van der Waals surface area (Å²) in [6.45, 7) is 0. The lowest BCUT2D eigenvalue weighted by molar-refractivity contribution is -0.143. The van der Waals surface area contributed by atoms with Gasteiger partial charge in [-0.05, 0) is 24.9 Å². The molecule has 1 aromatic heterocycles. The number of nitrogens with one attached hydrogen (secondary N) is 1. The van der Waals surface area contributed by atoms with Crippen molar-refractivity contribution in [2.75, 3.05) is 19.9 Å². The lowest BCUT2D eigenvalue weighted by atomic mass is 10.2. The molecule has 0 amide bonds. The fourth-order valence-electron chi connectivity index (χ4n) is 1.15. The number of methoxy groups -OCH3 is 1. The maximum Gasteiger partial charge on any atom is 0.322 e. The molecular weight excluding hydrogens is 230 g/mol. The van der Waals surface area contributed by atoms with Crippen LogP contribution < -0.4 is 5.32 Å². The molecule has 0 saturated carbocycles. The summed E-state index contributed by atoms with van der Waals surface area (Å²) in [5.41, 5.74) is 0. The molecule has 0 saturated heterocycles. The summed E-state index contributed by atoms with van der Waals surface area (Å²) < 4.78 is 5.97. The van der Waals surface area contributed by atoms with Crippen molar-refractivity contribution in [1.29, 1.82) is 0 Å². The normalized spacial score (nSPS) is 12.4. The number of esters is 1. The Bertz CT molecular complexity index is 288. The summed E-state index contributed by atoms with van der Waals surface area (Å²) in [5, 5.41) is 5.00. The third kappa shape index (κ3) is 4.24. The number of carbonyl (C=O) groups is 1. The molecule has 5 heteroatoms. The number of thioether (sulfide) groups is 1. The minimum absolute atomic E-state index is 0.190. The highest BCUT2D eigenvalue weighted by Crippen LogP contribution is 2.24. The van der Waals surface area contributed by atoms with Gasteiger partial charge in [-0.3, -0.25) is 4.79 Å². The Balaban J connectivity index is 2.26. The quantitative estimate of drug-likeness (QED) is 0.614. The largest absolute Gasteiger partial charge is 0.468 e. The molecule has 0 aliphatic rings. The minimum Gasteiger partial charge on any atom is -0.468 e. The highest BCUT2D eigenvalue weighted by molar-refractivity contribution is 8.01. The lowest BCUT2D eigenvalue weighted by Crippen LogP contribution is -2.35. The van der Waals surface area contributed by atoms with Gasteiger partial charge in [0.15, 0.2) is 0 Å².